The Morgan fingerprint density at radius 1 is 1.05 bits per heavy atom. The summed E-state index contributed by atoms with van der Waals surface area (Å²) in [6.07, 6.45) is 1.23. The minimum absolute atomic E-state index is 0.0306. The molecule has 0 fully saturated rings. The van der Waals surface area contributed by atoms with Gasteiger partial charge in [0.05, 0.1) is 12.8 Å². The summed E-state index contributed by atoms with van der Waals surface area (Å²) in [7, 11) is 1.61. The molecule has 3 aromatic carbocycles. The minimum Gasteiger partial charge on any atom is -0.497 e. The number of benzene rings is 3. The van der Waals surface area contributed by atoms with Gasteiger partial charge in [-0.15, -0.1) is 0 Å². The molecule has 38 heavy (non-hydrogen) atoms. The molecule has 0 bridgehead atoms. The summed E-state index contributed by atoms with van der Waals surface area (Å²) in [5.41, 5.74) is 2.49. The van der Waals surface area contributed by atoms with Crippen molar-refractivity contribution >= 4 is 34.2 Å². The molecule has 0 spiro atoms. The Kier molecular flexibility index (Phi) is 8.66. The SMILES string of the molecule is CC[C@H](C(=O)NCC(C)C)N(Cc1cccc(OC)c1)C(=O)CCCN1C(=O)c2cccc3cccc1c23. The monoisotopic (exact) mass is 515 g/mol. The molecular weight excluding hydrogens is 478 g/mol. The van der Waals surface area contributed by atoms with Crippen LogP contribution >= 0.6 is 0 Å². The maximum absolute atomic E-state index is 13.6. The number of amides is 3. The average molecular weight is 516 g/mol. The number of carbonyl (C=O) groups is 3. The second kappa shape index (κ2) is 12.1. The summed E-state index contributed by atoms with van der Waals surface area (Å²) in [6, 6.07) is 18.7. The summed E-state index contributed by atoms with van der Waals surface area (Å²) in [6.45, 7) is 7.29. The zero-order valence-corrected chi connectivity index (χ0v) is 22.7. The largest absolute Gasteiger partial charge is 0.497 e. The average Bonchev–Trinajstić information content (AvgIpc) is 3.19. The highest BCUT2D eigenvalue weighted by molar-refractivity contribution is 6.25. The molecule has 1 aliphatic rings. The van der Waals surface area contributed by atoms with E-state index in [9.17, 15) is 14.4 Å². The van der Waals surface area contributed by atoms with E-state index in [0.717, 1.165) is 22.0 Å². The predicted molar refractivity (Wildman–Crippen MR) is 150 cm³/mol. The number of anilines is 1. The van der Waals surface area contributed by atoms with Crippen molar-refractivity contribution in [2.24, 2.45) is 5.92 Å². The van der Waals surface area contributed by atoms with Crippen molar-refractivity contribution in [2.45, 2.75) is 52.6 Å². The van der Waals surface area contributed by atoms with Gasteiger partial charge >= 0.3 is 0 Å². The molecule has 200 valence electrons. The van der Waals surface area contributed by atoms with Crippen molar-refractivity contribution in [1.82, 2.24) is 10.2 Å². The number of hydrogen-bond donors (Lipinski definition) is 1. The molecule has 0 saturated heterocycles. The van der Waals surface area contributed by atoms with Gasteiger partial charge in [-0.2, -0.15) is 0 Å². The van der Waals surface area contributed by atoms with E-state index in [-0.39, 0.29) is 24.1 Å². The van der Waals surface area contributed by atoms with E-state index in [2.05, 4.69) is 5.32 Å². The van der Waals surface area contributed by atoms with Crippen molar-refractivity contribution in [3.63, 3.8) is 0 Å². The lowest BCUT2D eigenvalue weighted by atomic mass is 10.1. The van der Waals surface area contributed by atoms with Gasteiger partial charge in [-0.05, 0) is 54.0 Å². The van der Waals surface area contributed by atoms with Crippen LogP contribution in [0.1, 0.15) is 56.0 Å². The minimum atomic E-state index is -0.584. The van der Waals surface area contributed by atoms with Crippen molar-refractivity contribution in [1.29, 1.82) is 0 Å². The summed E-state index contributed by atoms with van der Waals surface area (Å²) >= 11 is 0. The summed E-state index contributed by atoms with van der Waals surface area (Å²) in [5.74, 6) is 0.729. The van der Waals surface area contributed by atoms with Crippen molar-refractivity contribution < 1.29 is 19.1 Å². The first-order chi connectivity index (χ1) is 18.3. The Morgan fingerprint density at radius 2 is 1.79 bits per heavy atom. The van der Waals surface area contributed by atoms with Gasteiger partial charge in [-0.3, -0.25) is 14.4 Å². The predicted octanol–water partition coefficient (Wildman–Crippen LogP) is 5.17. The van der Waals surface area contributed by atoms with Crippen molar-refractivity contribution in [3.8, 4) is 5.75 Å². The van der Waals surface area contributed by atoms with Gasteiger partial charge in [0.2, 0.25) is 11.8 Å². The van der Waals surface area contributed by atoms with Gasteiger partial charge < -0.3 is 19.9 Å². The fraction of sp³-hybridized carbons (Fsp3) is 0.387. The molecule has 0 aromatic heterocycles. The molecule has 1 heterocycles. The molecule has 0 unspecified atom stereocenters. The van der Waals surface area contributed by atoms with Gasteiger partial charge in [0, 0.05) is 37.0 Å². The highest BCUT2D eigenvalue weighted by atomic mass is 16.5. The molecule has 7 heteroatoms. The number of nitrogens with zero attached hydrogens (tertiary/aromatic N) is 2. The number of carbonyl (C=O) groups excluding carboxylic acids is 3. The van der Waals surface area contributed by atoms with E-state index in [0.29, 0.717) is 49.7 Å². The van der Waals surface area contributed by atoms with E-state index < -0.39 is 6.04 Å². The van der Waals surface area contributed by atoms with Gasteiger partial charge in [0.25, 0.3) is 5.91 Å². The third-order valence-corrected chi connectivity index (χ3v) is 6.98. The van der Waals surface area contributed by atoms with Crippen LogP contribution in [-0.4, -0.2) is 48.9 Å². The van der Waals surface area contributed by atoms with Gasteiger partial charge in [0.1, 0.15) is 11.8 Å². The molecule has 0 radical (unpaired) electrons. The number of hydrogen-bond acceptors (Lipinski definition) is 4. The van der Waals surface area contributed by atoms with Crippen molar-refractivity contribution in [3.05, 3.63) is 71.8 Å². The third kappa shape index (κ3) is 5.82. The maximum atomic E-state index is 13.6. The van der Waals surface area contributed by atoms with Gasteiger partial charge in [-0.25, -0.2) is 0 Å². The second-order valence-corrected chi connectivity index (χ2v) is 10.2. The molecule has 4 rings (SSSR count). The number of methoxy groups -OCH3 is 1. The van der Waals surface area contributed by atoms with E-state index in [1.54, 1.807) is 16.9 Å². The van der Waals surface area contributed by atoms with Crippen LogP contribution in [0.3, 0.4) is 0 Å². The Labute approximate surface area is 224 Å². The summed E-state index contributed by atoms with van der Waals surface area (Å²) in [4.78, 5) is 43.3. The van der Waals surface area contributed by atoms with E-state index in [1.807, 2.05) is 81.4 Å². The third-order valence-electron chi connectivity index (χ3n) is 6.98. The Morgan fingerprint density at radius 3 is 2.50 bits per heavy atom. The first-order valence-electron chi connectivity index (χ1n) is 13.4. The standard InChI is InChI=1S/C31H37N3O4/c1-5-26(30(36)32-19-21(2)3)34(20-22-10-6-13-24(18-22)38-4)28(35)16-9-17-33-27-15-8-12-23-11-7-14-25(29(23)27)31(33)37/h6-8,10-15,18,21,26H,5,9,16-17,19-20H2,1-4H3,(H,32,36)/t26-/m1/s1. The van der Waals surface area contributed by atoms with Crippen LogP contribution in [0.25, 0.3) is 10.8 Å². The first-order valence-corrected chi connectivity index (χ1v) is 13.4. The van der Waals surface area contributed by atoms with Crippen LogP contribution < -0.4 is 15.0 Å². The quantitative estimate of drug-likeness (QED) is 0.361. The molecule has 7 nitrogen and oxygen atoms in total. The Balaban J connectivity index is 1.49. The lowest BCUT2D eigenvalue weighted by molar-refractivity contribution is -0.141. The Bertz CT molecular complexity index is 1310. The lowest BCUT2D eigenvalue weighted by Gasteiger charge is -2.31. The number of ether oxygens (including phenoxy) is 1. The summed E-state index contributed by atoms with van der Waals surface area (Å²) < 4.78 is 5.36. The first kappa shape index (κ1) is 27.2. The highest BCUT2D eigenvalue weighted by Gasteiger charge is 2.31. The summed E-state index contributed by atoms with van der Waals surface area (Å²) in [5, 5.41) is 5.00. The topological polar surface area (TPSA) is 79.0 Å². The maximum Gasteiger partial charge on any atom is 0.258 e. The number of nitrogens with one attached hydrogen (secondary N) is 1. The Hall–Kier alpha value is -3.87. The zero-order valence-electron chi connectivity index (χ0n) is 22.7. The normalized spacial score (nSPS) is 13.2. The zero-order chi connectivity index (χ0) is 27.2. The van der Waals surface area contributed by atoms with Crippen LogP contribution in [0.15, 0.2) is 60.7 Å². The fourth-order valence-electron chi connectivity index (χ4n) is 5.04. The molecular formula is C31H37N3O4. The molecule has 0 aliphatic carbocycles. The van der Waals surface area contributed by atoms with E-state index in [4.69, 9.17) is 4.74 Å². The van der Waals surface area contributed by atoms with Crippen LogP contribution in [0.5, 0.6) is 5.75 Å². The number of rotatable bonds is 12. The molecule has 0 saturated carbocycles. The van der Waals surface area contributed by atoms with Gasteiger partial charge in [0.15, 0.2) is 0 Å². The highest BCUT2D eigenvalue weighted by Crippen LogP contribution is 2.37. The molecule has 1 atom stereocenters. The van der Waals surface area contributed by atoms with Crippen LogP contribution in [0.4, 0.5) is 5.69 Å². The van der Waals surface area contributed by atoms with Crippen LogP contribution in [0, 0.1) is 5.92 Å². The van der Waals surface area contributed by atoms with Crippen LogP contribution in [0.2, 0.25) is 0 Å². The van der Waals surface area contributed by atoms with E-state index >= 15 is 0 Å². The second-order valence-electron chi connectivity index (χ2n) is 10.2. The molecule has 1 N–H and O–H groups in total. The smallest absolute Gasteiger partial charge is 0.258 e. The van der Waals surface area contributed by atoms with Gasteiger partial charge in [-0.1, -0.05) is 57.2 Å². The lowest BCUT2D eigenvalue weighted by Crippen LogP contribution is -2.49. The van der Waals surface area contributed by atoms with Crippen molar-refractivity contribution in [2.75, 3.05) is 25.1 Å². The molecule has 1 aliphatic heterocycles. The van der Waals surface area contributed by atoms with E-state index in [1.165, 1.54) is 0 Å². The van der Waals surface area contributed by atoms with Crippen LogP contribution in [-0.2, 0) is 16.1 Å². The fourth-order valence-corrected chi connectivity index (χ4v) is 5.04. The molecule has 3 amide bonds. The molecule has 3 aromatic rings.